The van der Waals surface area contributed by atoms with Gasteiger partial charge in [0.1, 0.15) is 29.9 Å². The second-order valence-corrected chi connectivity index (χ2v) is 11.1. The molecule has 0 atom stereocenters. The summed E-state index contributed by atoms with van der Waals surface area (Å²) in [4.78, 5) is 24.0. The van der Waals surface area contributed by atoms with Crippen molar-refractivity contribution in [3.8, 4) is 28.8 Å². The van der Waals surface area contributed by atoms with Crippen molar-refractivity contribution in [3.05, 3.63) is 66.2 Å². The summed E-state index contributed by atoms with van der Waals surface area (Å²) in [5.74, 6) is 1.53. The number of rotatable bonds is 8. The number of carbonyl (C=O) groups is 1. The Labute approximate surface area is 238 Å². The van der Waals surface area contributed by atoms with Crippen molar-refractivity contribution in [2.75, 3.05) is 31.7 Å². The first-order chi connectivity index (χ1) is 19.6. The Kier molecular flexibility index (Phi) is 7.51. The van der Waals surface area contributed by atoms with Gasteiger partial charge in [0.25, 0.3) is 5.91 Å². The molecule has 1 aliphatic rings. The number of methoxy groups -OCH3 is 1. The minimum absolute atomic E-state index is 0.103. The van der Waals surface area contributed by atoms with Gasteiger partial charge in [0.05, 0.1) is 36.2 Å². The molecule has 4 aromatic rings. The molecule has 1 saturated heterocycles. The van der Waals surface area contributed by atoms with Crippen LogP contribution in [0, 0.1) is 11.3 Å². The van der Waals surface area contributed by atoms with Crippen LogP contribution in [0.5, 0.6) is 11.6 Å². The highest BCUT2D eigenvalue weighted by Crippen LogP contribution is 2.32. The van der Waals surface area contributed by atoms with E-state index in [0.29, 0.717) is 28.4 Å². The van der Waals surface area contributed by atoms with E-state index in [0.717, 1.165) is 42.9 Å². The van der Waals surface area contributed by atoms with Gasteiger partial charge in [0.2, 0.25) is 5.88 Å². The van der Waals surface area contributed by atoms with Crippen molar-refractivity contribution in [2.45, 2.75) is 44.8 Å². The molecule has 1 fully saturated rings. The van der Waals surface area contributed by atoms with E-state index in [1.807, 2.05) is 18.2 Å². The summed E-state index contributed by atoms with van der Waals surface area (Å²) < 4.78 is 12.6. The van der Waals surface area contributed by atoms with E-state index in [-0.39, 0.29) is 18.1 Å². The zero-order valence-corrected chi connectivity index (χ0v) is 23.6. The molecule has 4 aromatic heterocycles. The van der Waals surface area contributed by atoms with Gasteiger partial charge in [-0.25, -0.2) is 14.5 Å². The number of nitrogens with one attached hydrogen (secondary N) is 1. The molecule has 0 unspecified atom stereocenters. The minimum atomic E-state index is -1.00. The van der Waals surface area contributed by atoms with Crippen LogP contribution in [-0.4, -0.2) is 68.5 Å². The number of piperidine rings is 1. The molecule has 2 N–H and O–H groups in total. The maximum absolute atomic E-state index is 12.8. The fourth-order valence-corrected chi connectivity index (χ4v) is 4.82. The number of carbonyl (C=O) groups excluding carboxylic acids is 1. The highest BCUT2D eigenvalue weighted by Gasteiger charge is 2.32. The number of anilines is 1. The van der Waals surface area contributed by atoms with E-state index in [1.54, 1.807) is 49.0 Å². The van der Waals surface area contributed by atoms with Gasteiger partial charge in [-0.3, -0.25) is 4.79 Å². The van der Waals surface area contributed by atoms with E-state index in [9.17, 15) is 15.2 Å². The molecule has 41 heavy (non-hydrogen) atoms. The highest BCUT2D eigenvalue weighted by molar-refractivity contribution is 5.93. The molecule has 0 radical (unpaired) electrons. The van der Waals surface area contributed by atoms with Gasteiger partial charge in [-0.2, -0.15) is 10.4 Å². The van der Waals surface area contributed by atoms with Crippen LogP contribution in [0.4, 0.5) is 5.82 Å². The molecule has 5 rings (SSSR count). The zero-order valence-electron chi connectivity index (χ0n) is 23.6. The Morgan fingerprint density at radius 1 is 1.22 bits per heavy atom. The van der Waals surface area contributed by atoms with Crippen LogP contribution in [0.2, 0.25) is 0 Å². The molecule has 11 heteroatoms. The summed E-state index contributed by atoms with van der Waals surface area (Å²) in [6.45, 7) is 6.94. The first-order valence-corrected chi connectivity index (χ1v) is 13.4. The van der Waals surface area contributed by atoms with Crippen LogP contribution in [0.1, 0.15) is 49.7 Å². The van der Waals surface area contributed by atoms with E-state index >= 15 is 0 Å². The topological polar surface area (TPSA) is 138 Å². The third kappa shape index (κ3) is 6.23. The third-order valence-corrected chi connectivity index (χ3v) is 7.13. The standard InChI is InChI=1S/C30H33N7O4/c1-29(2,39)19-41-22-14-23(27-21(15-31)17-33-37(27)18-22)20-8-9-25(32-16-20)36-12-10-30(3,11-13-36)35-28(38)24-6-5-7-26(34-24)40-4/h5-9,14,16-18,39H,10-13,19H2,1-4H3,(H,35,38). The average Bonchev–Trinajstić information content (AvgIpc) is 3.39. The number of ether oxygens (including phenoxy) is 2. The van der Waals surface area contributed by atoms with Crippen LogP contribution in [-0.2, 0) is 0 Å². The van der Waals surface area contributed by atoms with E-state index in [1.165, 1.54) is 13.3 Å². The molecule has 212 valence electrons. The molecule has 1 amide bonds. The Bertz CT molecular complexity index is 1590. The normalized spacial score (nSPS) is 14.9. The number of nitriles is 1. The number of pyridine rings is 3. The second-order valence-electron chi connectivity index (χ2n) is 11.1. The lowest BCUT2D eigenvalue weighted by Gasteiger charge is -2.40. The molecule has 5 heterocycles. The average molecular weight is 556 g/mol. The Morgan fingerprint density at radius 2 is 2.00 bits per heavy atom. The van der Waals surface area contributed by atoms with Crippen LogP contribution >= 0.6 is 0 Å². The van der Waals surface area contributed by atoms with Crippen molar-refractivity contribution >= 4 is 17.2 Å². The number of fused-ring (bicyclic) bond motifs is 1. The predicted octanol–water partition coefficient (Wildman–Crippen LogP) is 3.61. The van der Waals surface area contributed by atoms with Gasteiger partial charge in [0.15, 0.2) is 0 Å². The van der Waals surface area contributed by atoms with E-state index < -0.39 is 5.60 Å². The minimum Gasteiger partial charge on any atom is -0.489 e. The quantitative estimate of drug-likeness (QED) is 0.334. The number of nitrogens with zero attached hydrogens (tertiary/aromatic N) is 6. The van der Waals surface area contributed by atoms with Crippen LogP contribution in [0.3, 0.4) is 0 Å². The van der Waals surface area contributed by atoms with Crippen molar-refractivity contribution in [3.63, 3.8) is 0 Å². The lowest BCUT2D eigenvalue weighted by Crippen LogP contribution is -2.53. The summed E-state index contributed by atoms with van der Waals surface area (Å²) in [5.41, 5.74) is 1.62. The van der Waals surface area contributed by atoms with Crippen LogP contribution in [0.15, 0.2) is 55.0 Å². The Balaban J connectivity index is 1.30. The molecule has 11 nitrogen and oxygen atoms in total. The number of hydrogen-bond donors (Lipinski definition) is 2. The summed E-state index contributed by atoms with van der Waals surface area (Å²) in [6, 6.07) is 13.1. The molecular weight excluding hydrogens is 522 g/mol. The third-order valence-electron chi connectivity index (χ3n) is 7.13. The first kappa shape index (κ1) is 27.9. The van der Waals surface area contributed by atoms with Gasteiger partial charge in [-0.15, -0.1) is 0 Å². The molecule has 0 bridgehead atoms. The van der Waals surface area contributed by atoms with Crippen molar-refractivity contribution in [1.29, 1.82) is 5.26 Å². The molecule has 0 spiro atoms. The van der Waals surface area contributed by atoms with Gasteiger partial charge in [-0.05, 0) is 57.9 Å². The lowest BCUT2D eigenvalue weighted by atomic mass is 9.89. The molecule has 1 aliphatic heterocycles. The molecule has 0 saturated carbocycles. The van der Waals surface area contributed by atoms with E-state index in [2.05, 4.69) is 33.3 Å². The monoisotopic (exact) mass is 555 g/mol. The molecular formula is C30H33N7O4. The first-order valence-electron chi connectivity index (χ1n) is 13.4. The fourth-order valence-electron chi connectivity index (χ4n) is 4.82. The van der Waals surface area contributed by atoms with Gasteiger partial charge in [0, 0.05) is 42.0 Å². The summed E-state index contributed by atoms with van der Waals surface area (Å²) >= 11 is 0. The summed E-state index contributed by atoms with van der Waals surface area (Å²) in [7, 11) is 1.52. The highest BCUT2D eigenvalue weighted by atomic mass is 16.5. The van der Waals surface area contributed by atoms with Crippen LogP contribution in [0.25, 0.3) is 16.6 Å². The predicted molar refractivity (Wildman–Crippen MR) is 153 cm³/mol. The molecule has 0 aliphatic carbocycles. The Morgan fingerprint density at radius 3 is 2.66 bits per heavy atom. The fraction of sp³-hybridized carbons (Fsp3) is 0.367. The summed E-state index contributed by atoms with van der Waals surface area (Å²) in [6.07, 6.45) is 6.49. The largest absolute Gasteiger partial charge is 0.489 e. The smallest absolute Gasteiger partial charge is 0.270 e. The van der Waals surface area contributed by atoms with Crippen molar-refractivity contribution in [2.24, 2.45) is 0 Å². The molecule has 0 aromatic carbocycles. The van der Waals surface area contributed by atoms with Crippen molar-refractivity contribution < 1.29 is 19.4 Å². The van der Waals surface area contributed by atoms with Gasteiger partial charge < -0.3 is 24.8 Å². The maximum atomic E-state index is 12.8. The van der Waals surface area contributed by atoms with Crippen molar-refractivity contribution in [1.82, 2.24) is 24.9 Å². The van der Waals surface area contributed by atoms with E-state index in [4.69, 9.17) is 14.5 Å². The number of hydrogen-bond acceptors (Lipinski definition) is 9. The number of aromatic nitrogens is 4. The zero-order chi connectivity index (χ0) is 29.2. The maximum Gasteiger partial charge on any atom is 0.270 e. The van der Waals surface area contributed by atoms with Gasteiger partial charge in [-0.1, -0.05) is 6.07 Å². The Hall–Kier alpha value is -4.69. The number of aliphatic hydroxyl groups is 1. The summed E-state index contributed by atoms with van der Waals surface area (Å²) in [5, 5.41) is 27.2. The number of amides is 1. The SMILES string of the molecule is COc1cccc(C(=O)NC2(C)CCN(c3ccc(-c4cc(OCC(C)(C)O)cn5ncc(C#N)c45)cn3)CC2)n1. The lowest BCUT2D eigenvalue weighted by molar-refractivity contribution is 0.0283. The van der Waals surface area contributed by atoms with Crippen LogP contribution < -0.4 is 19.7 Å². The van der Waals surface area contributed by atoms with Gasteiger partial charge >= 0.3 is 0 Å². The second kappa shape index (κ2) is 11.1.